The van der Waals surface area contributed by atoms with E-state index in [2.05, 4.69) is 37.8 Å². The standard InChI is InChI=1S/C16H24N2O/c1-4-18(12-16(2,3)11-17)10-14-9-13-7-5-6-8-15(13)19-14/h5-9H,4,10-12,17H2,1-3H3. The highest BCUT2D eigenvalue weighted by Gasteiger charge is 2.20. The van der Waals surface area contributed by atoms with E-state index in [9.17, 15) is 0 Å². The van der Waals surface area contributed by atoms with Crippen molar-refractivity contribution in [2.45, 2.75) is 27.3 Å². The second kappa shape index (κ2) is 5.76. The van der Waals surface area contributed by atoms with Gasteiger partial charge in [-0.25, -0.2) is 0 Å². The molecule has 0 aliphatic rings. The monoisotopic (exact) mass is 260 g/mol. The molecular weight excluding hydrogens is 236 g/mol. The Morgan fingerprint density at radius 3 is 2.63 bits per heavy atom. The van der Waals surface area contributed by atoms with Crippen LogP contribution >= 0.6 is 0 Å². The van der Waals surface area contributed by atoms with Crippen molar-refractivity contribution in [1.29, 1.82) is 0 Å². The number of hydrogen-bond acceptors (Lipinski definition) is 3. The fourth-order valence-corrected chi connectivity index (χ4v) is 2.28. The second-order valence-electron chi connectivity index (χ2n) is 5.92. The van der Waals surface area contributed by atoms with Gasteiger partial charge >= 0.3 is 0 Å². The zero-order chi connectivity index (χ0) is 13.9. The van der Waals surface area contributed by atoms with Crippen molar-refractivity contribution in [2.75, 3.05) is 19.6 Å². The van der Waals surface area contributed by atoms with Crippen LogP contribution in [0.3, 0.4) is 0 Å². The summed E-state index contributed by atoms with van der Waals surface area (Å²) in [6.45, 7) is 10.1. The third-order valence-electron chi connectivity index (χ3n) is 3.51. The van der Waals surface area contributed by atoms with Gasteiger partial charge in [0.1, 0.15) is 11.3 Å². The summed E-state index contributed by atoms with van der Waals surface area (Å²) in [6.07, 6.45) is 0. The number of hydrogen-bond donors (Lipinski definition) is 1. The summed E-state index contributed by atoms with van der Waals surface area (Å²) in [5.41, 5.74) is 6.92. The van der Waals surface area contributed by atoms with Crippen LogP contribution in [0.2, 0.25) is 0 Å². The minimum absolute atomic E-state index is 0.141. The van der Waals surface area contributed by atoms with Gasteiger partial charge in [-0.1, -0.05) is 39.0 Å². The molecule has 0 bridgehead atoms. The molecule has 0 aliphatic heterocycles. The van der Waals surface area contributed by atoms with Crippen molar-refractivity contribution >= 4 is 11.0 Å². The summed E-state index contributed by atoms with van der Waals surface area (Å²) in [5.74, 6) is 1.02. The molecule has 0 radical (unpaired) electrons. The van der Waals surface area contributed by atoms with Crippen LogP contribution in [0.4, 0.5) is 0 Å². The Kier molecular flexibility index (Phi) is 4.27. The Morgan fingerprint density at radius 2 is 2.00 bits per heavy atom. The zero-order valence-corrected chi connectivity index (χ0v) is 12.1. The average Bonchev–Trinajstić information content (AvgIpc) is 2.79. The van der Waals surface area contributed by atoms with Crippen molar-refractivity contribution in [2.24, 2.45) is 11.1 Å². The number of furan rings is 1. The van der Waals surface area contributed by atoms with E-state index in [1.54, 1.807) is 0 Å². The Hall–Kier alpha value is -1.32. The van der Waals surface area contributed by atoms with E-state index in [4.69, 9.17) is 10.2 Å². The van der Waals surface area contributed by atoms with E-state index in [0.717, 1.165) is 31.0 Å². The van der Waals surface area contributed by atoms with E-state index >= 15 is 0 Å². The largest absolute Gasteiger partial charge is 0.460 e. The fourth-order valence-electron chi connectivity index (χ4n) is 2.28. The predicted octanol–water partition coefficient (Wildman–Crippen LogP) is 3.24. The topological polar surface area (TPSA) is 42.4 Å². The lowest BCUT2D eigenvalue weighted by molar-refractivity contribution is 0.174. The van der Waals surface area contributed by atoms with E-state index in [-0.39, 0.29) is 5.41 Å². The zero-order valence-electron chi connectivity index (χ0n) is 12.1. The molecule has 3 heteroatoms. The first-order valence-corrected chi connectivity index (χ1v) is 6.94. The lowest BCUT2D eigenvalue weighted by Crippen LogP contribution is -2.38. The van der Waals surface area contributed by atoms with Crippen LogP contribution in [0, 0.1) is 5.41 Å². The van der Waals surface area contributed by atoms with Gasteiger partial charge in [-0.15, -0.1) is 0 Å². The summed E-state index contributed by atoms with van der Waals surface area (Å²) in [5, 5.41) is 1.17. The number of para-hydroxylation sites is 1. The van der Waals surface area contributed by atoms with Gasteiger partial charge < -0.3 is 10.2 Å². The minimum Gasteiger partial charge on any atom is -0.460 e. The molecule has 0 saturated heterocycles. The molecule has 1 heterocycles. The highest BCUT2D eigenvalue weighted by Crippen LogP contribution is 2.22. The molecule has 0 aliphatic carbocycles. The summed E-state index contributed by atoms with van der Waals surface area (Å²) >= 11 is 0. The summed E-state index contributed by atoms with van der Waals surface area (Å²) in [4.78, 5) is 2.38. The Bertz CT molecular complexity index is 497. The molecule has 0 spiro atoms. The first-order valence-electron chi connectivity index (χ1n) is 6.94. The van der Waals surface area contributed by atoms with Crippen molar-refractivity contribution < 1.29 is 4.42 Å². The number of rotatable bonds is 6. The summed E-state index contributed by atoms with van der Waals surface area (Å²) in [7, 11) is 0. The molecule has 0 saturated carbocycles. The van der Waals surface area contributed by atoms with Crippen LogP contribution in [0.25, 0.3) is 11.0 Å². The molecule has 0 unspecified atom stereocenters. The van der Waals surface area contributed by atoms with E-state index in [1.165, 1.54) is 5.39 Å². The van der Waals surface area contributed by atoms with E-state index < -0.39 is 0 Å². The lowest BCUT2D eigenvalue weighted by atomic mass is 9.93. The van der Waals surface area contributed by atoms with Gasteiger partial charge in [-0.3, -0.25) is 4.90 Å². The maximum atomic E-state index is 5.88. The first kappa shape index (κ1) is 14.1. The van der Waals surface area contributed by atoms with Gasteiger partial charge in [0.2, 0.25) is 0 Å². The third kappa shape index (κ3) is 3.58. The molecule has 2 rings (SSSR count). The van der Waals surface area contributed by atoms with Gasteiger partial charge in [0.25, 0.3) is 0 Å². The number of nitrogens with two attached hydrogens (primary N) is 1. The number of fused-ring (bicyclic) bond motifs is 1. The van der Waals surface area contributed by atoms with E-state index in [0.29, 0.717) is 6.54 Å². The highest BCUT2D eigenvalue weighted by molar-refractivity contribution is 5.77. The van der Waals surface area contributed by atoms with Crippen LogP contribution in [0.15, 0.2) is 34.7 Å². The number of benzene rings is 1. The van der Waals surface area contributed by atoms with Crippen LogP contribution < -0.4 is 5.73 Å². The molecule has 0 amide bonds. The normalized spacial score (nSPS) is 12.5. The van der Waals surface area contributed by atoms with Crippen LogP contribution in [-0.2, 0) is 6.54 Å². The van der Waals surface area contributed by atoms with Gasteiger partial charge in [-0.2, -0.15) is 0 Å². The van der Waals surface area contributed by atoms with Crippen LogP contribution in [0.5, 0.6) is 0 Å². The maximum Gasteiger partial charge on any atom is 0.134 e. The smallest absolute Gasteiger partial charge is 0.134 e. The quantitative estimate of drug-likeness (QED) is 0.867. The predicted molar refractivity (Wildman–Crippen MR) is 80.0 cm³/mol. The molecule has 3 nitrogen and oxygen atoms in total. The van der Waals surface area contributed by atoms with Crippen LogP contribution in [0.1, 0.15) is 26.5 Å². The van der Waals surface area contributed by atoms with Gasteiger partial charge in [-0.05, 0) is 30.6 Å². The van der Waals surface area contributed by atoms with Crippen LogP contribution in [-0.4, -0.2) is 24.5 Å². The molecule has 1 aromatic carbocycles. The Labute approximate surface area is 115 Å². The third-order valence-corrected chi connectivity index (χ3v) is 3.51. The highest BCUT2D eigenvalue weighted by atomic mass is 16.3. The van der Waals surface area contributed by atoms with Crippen molar-refractivity contribution in [1.82, 2.24) is 4.90 Å². The maximum absolute atomic E-state index is 5.88. The molecule has 0 fully saturated rings. The molecule has 2 aromatic rings. The molecule has 2 N–H and O–H groups in total. The second-order valence-corrected chi connectivity index (χ2v) is 5.92. The minimum atomic E-state index is 0.141. The summed E-state index contributed by atoms with van der Waals surface area (Å²) in [6, 6.07) is 10.3. The lowest BCUT2D eigenvalue weighted by Gasteiger charge is -2.30. The molecular formula is C16H24N2O. The van der Waals surface area contributed by atoms with Crippen molar-refractivity contribution in [3.05, 3.63) is 36.1 Å². The molecule has 0 atom stereocenters. The van der Waals surface area contributed by atoms with Crippen molar-refractivity contribution in [3.63, 3.8) is 0 Å². The fraction of sp³-hybridized carbons (Fsp3) is 0.500. The number of nitrogens with zero attached hydrogens (tertiary/aromatic N) is 1. The Morgan fingerprint density at radius 1 is 1.26 bits per heavy atom. The Balaban J connectivity index is 2.09. The summed E-state index contributed by atoms with van der Waals surface area (Å²) < 4.78 is 5.88. The van der Waals surface area contributed by atoms with Gasteiger partial charge in [0.15, 0.2) is 0 Å². The van der Waals surface area contributed by atoms with Crippen molar-refractivity contribution in [3.8, 4) is 0 Å². The van der Waals surface area contributed by atoms with E-state index in [1.807, 2.05) is 18.2 Å². The molecule has 104 valence electrons. The first-order chi connectivity index (χ1) is 9.04. The SMILES string of the molecule is CCN(Cc1cc2ccccc2o1)CC(C)(C)CN. The molecule has 19 heavy (non-hydrogen) atoms. The average molecular weight is 260 g/mol. The van der Waals surface area contributed by atoms with Gasteiger partial charge in [0.05, 0.1) is 6.54 Å². The van der Waals surface area contributed by atoms with Gasteiger partial charge in [0, 0.05) is 11.9 Å². The molecule has 1 aromatic heterocycles.